The van der Waals surface area contributed by atoms with Gasteiger partial charge >= 0.3 is 0 Å². The molecule has 3 nitrogen and oxygen atoms in total. The highest BCUT2D eigenvalue weighted by molar-refractivity contribution is 6.03. The average molecular weight is 580 g/mol. The lowest BCUT2D eigenvalue weighted by atomic mass is 9.95. The van der Waals surface area contributed by atoms with Crippen molar-refractivity contribution in [3.63, 3.8) is 0 Å². The predicted octanol–water partition coefficient (Wildman–Crippen LogP) is 9.56. The van der Waals surface area contributed by atoms with Crippen molar-refractivity contribution in [2.75, 3.05) is 6.61 Å². The Morgan fingerprint density at radius 2 is 1.93 bits per heavy atom. The minimum absolute atomic E-state index is 0.513. The minimum Gasteiger partial charge on any atom is -0.494 e. The molecule has 5 rings (SSSR count). The summed E-state index contributed by atoms with van der Waals surface area (Å²) in [7, 11) is 0. The van der Waals surface area contributed by atoms with E-state index < -0.39 is 0 Å². The summed E-state index contributed by atoms with van der Waals surface area (Å²) in [6.07, 6.45) is 26.6. The lowest BCUT2D eigenvalue weighted by Gasteiger charge is -2.11. The molecule has 2 heterocycles. The molecule has 44 heavy (non-hydrogen) atoms. The van der Waals surface area contributed by atoms with Crippen LogP contribution >= 0.6 is 0 Å². The number of furan rings is 1. The molecule has 0 radical (unpaired) electrons. The third kappa shape index (κ3) is 7.18. The van der Waals surface area contributed by atoms with Crippen LogP contribution in [0.3, 0.4) is 0 Å². The molecule has 3 aromatic rings. The zero-order valence-corrected chi connectivity index (χ0v) is 26.1. The lowest BCUT2D eigenvalue weighted by molar-refractivity contribution is 0.235. The van der Waals surface area contributed by atoms with Gasteiger partial charge in [0.25, 0.3) is 0 Å². The summed E-state index contributed by atoms with van der Waals surface area (Å²) in [5.74, 6) is 1.01. The van der Waals surface area contributed by atoms with Crippen LogP contribution in [0.4, 0.5) is 0 Å². The summed E-state index contributed by atoms with van der Waals surface area (Å²) in [6.45, 7) is 14.9. The normalized spacial score (nSPS) is 19.4. The first-order valence-electron chi connectivity index (χ1n) is 15.4. The molecule has 0 saturated carbocycles. The van der Waals surface area contributed by atoms with Gasteiger partial charge in [-0.25, -0.2) is 0 Å². The maximum atomic E-state index is 6.23. The van der Waals surface area contributed by atoms with E-state index in [1.165, 1.54) is 32.7 Å². The van der Waals surface area contributed by atoms with Crippen LogP contribution in [0.5, 0.6) is 0 Å². The van der Waals surface area contributed by atoms with Crippen LogP contribution in [0, 0.1) is 0 Å². The number of benzene rings is 2. The van der Waals surface area contributed by atoms with E-state index in [0.29, 0.717) is 6.61 Å². The smallest absolute Gasteiger partial charge is 0.133 e. The molecule has 0 bridgehead atoms. The summed E-state index contributed by atoms with van der Waals surface area (Å²) in [5.41, 5.74) is 9.65. The third-order valence-corrected chi connectivity index (χ3v) is 8.01. The zero-order chi connectivity index (χ0) is 30.9. The average Bonchev–Trinajstić information content (AvgIpc) is 3.54. The SMILES string of the molecule is C=C\C=C(/N=C(C)/C1=C/CC(/C=C/C(C)=C/c2cccc3c2=C(C=C)CCC=3)=C(/CC)OCC=C1)c1ccc2occc2c1. The van der Waals surface area contributed by atoms with Crippen molar-refractivity contribution in [2.24, 2.45) is 4.99 Å². The number of nitrogens with zero attached hydrogens (tertiary/aromatic N) is 1. The molecule has 0 atom stereocenters. The highest BCUT2D eigenvalue weighted by atomic mass is 16.5. The summed E-state index contributed by atoms with van der Waals surface area (Å²) >= 11 is 0. The highest BCUT2D eigenvalue weighted by Crippen LogP contribution is 2.25. The molecule has 0 unspecified atom stereocenters. The molecule has 0 spiro atoms. The summed E-state index contributed by atoms with van der Waals surface area (Å²) in [6, 6.07) is 14.6. The molecule has 2 aliphatic rings. The van der Waals surface area contributed by atoms with Crippen molar-refractivity contribution in [1.82, 2.24) is 0 Å². The van der Waals surface area contributed by atoms with Crippen molar-refractivity contribution >= 4 is 40.1 Å². The van der Waals surface area contributed by atoms with Crippen LogP contribution in [0.1, 0.15) is 57.6 Å². The lowest BCUT2D eigenvalue weighted by Crippen LogP contribution is -2.31. The van der Waals surface area contributed by atoms with Gasteiger partial charge in [0.05, 0.1) is 17.7 Å². The molecular weight excluding hydrogens is 538 g/mol. The fourth-order valence-electron chi connectivity index (χ4n) is 5.75. The Morgan fingerprint density at radius 1 is 1.05 bits per heavy atom. The summed E-state index contributed by atoms with van der Waals surface area (Å²) < 4.78 is 11.8. The largest absolute Gasteiger partial charge is 0.494 e. The van der Waals surface area contributed by atoms with Crippen molar-refractivity contribution in [2.45, 2.75) is 46.5 Å². The van der Waals surface area contributed by atoms with Crippen molar-refractivity contribution in [3.8, 4) is 0 Å². The molecule has 0 amide bonds. The fourth-order valence-corrected chi connectivity index (χ4v) is 5.75. The maximum absolute atomic E-state index is 6.23. The second kappa shape index (κ2) is 14.5. The standard InChI is InChI=1S/C41H41NO2/c1-6-12-38(35-22-23-40-36(28-35)24-26-44-40)42-30(5)32-17-11-25-43-39(8-3)33(21-20-32)19-18-29(4)27-37-16-10-15-34-14-9-13-31(7-2)41(34)37/h6-7,10-12,14-20,22-24,26-28H,1-2,8-9,13,21,25H2,3-5H3/b17-11?,19-18+,29-27+,32-20+,38-12-,39-33-,42-30+. The Kier molecular flexibility index (Phi) is 10.1. The zero-order valence-electron chi connectivity index (χ0n) is 26.1. The van der Waals surface area contributed by atoms with Crippen LogP contribution in [0.2, 0.25) is 0 Å². The molecule has 0 saturated heterocycles. The van der Waals surface area contributed by atoms with Crippen LogP contribution in [-0.2, 0) is 4.74 Å². The topological polar surface area (TPSA) is 34.7 Å². The van der Waals surface area contributed by atoms with E-state index in [1.807, 2.05) is 30.4 Å². The van der Waals surface area contributed by atoms with Crippen LogP contribution in [0.25, 0.3) is 34.4 Å². The molecular formula is C41H41NO2. The first kappa shape index (κ1) is 30.6. The summed E-state index contributed by atoms with van der Waals surface area (Å²) in [4.78, 5) is 5.05. The number of rotatable bonds is 9. The van der Waals surface area contributed by atoms with Crippen molar-refractivity contribution < 1.29 is 9.15 Å². The van der Waals surface area contributed by atoms with E-state index in [2.05, 4.69) is 101 Å². The molecule has 1 aliphatic heterocycles. The molecule has 2 aromatic carbocycles. The molecule has 1 aromatic heterocycles. The Bertz CT molecular complexity index is 1910. The van der Waals surface area contributed by atoms with Crippen LogP contribution in [0.15, 0.2) is 142 Å². The number of ether oxygens (including phenoxy) is 1. The third-order valence-electron chi connectivity index (χ3n) is 8.01. The highest BCUT2D eigenvalue weighted by Gasteiger charge is 2.10. The monoisotopic (exact) mass is 579 g/mol. The number of allylic oxidation sites excluding steroid dienone is 11. The number of fused-ring (bicyclic) bond motifs is 2. The van der Waals surface area contributed by atoms with Gasteiger partial charge in [-0.2, -0.15) is 0 Å². The number of hydrogen-bond acceptors (Lipinski definition) is 3. The van der Waals surface area contributed by atoms with Crippen LogP contribution < -0.4 is 10.4 Å². The Labute approximate surface area is 261 Å². The van der Waals surface area contributed by atoms with Gasteiger partial charge in [0, 0.05) is 23.1 Å². The fraction of sp³-hybridized carbons (Fsp3) is 0.195. The second-order valence-corrected chi connectivity index (χ2v) is 11.0. The van der Waals surface area contributed by atoms with Gasteiger partial charge in [0.1, 0.15) is 12.2 Å². The van der Waals surface area contributed by atoms with Gasteiger partial charge in [0.15, 0.2) is 0 Å². The predicted molar refractivity (Wildman–Crippen MR) is 188 cm³/mol. The van der Waals surface area contributed by atoms with Gasteiger partial charge < -0.3 is 9.15 Å². The molecule has 0 fully saturated rings. The molecule has 0 N–H and O–H groups in total. The second-order valence-electron chi connectivity index (χ2n) is 11.0. The summed E-state index contributed by atoms with van der Waals surface area (Å²) in [5, 5.41) is 3.66. The Hall–Kier alpha value is -4.89. The van der Waals surface area contributed by atoms with Gasteiger partial charge in [-0.1, -0.05) is 92.5 Å². The van der Waals surface area contributed by atoms with Crippen LogP contribution in [-0.4, -0.2) is 12.3 Å². The van der Waals surface area contributed by atoms with E-state index in [0.717, 1.165) is 65.0 Å². The van der Waals surface area contributed by atoms with Crippen molar-refractivity contribution in [3.05, 3.63) is 155 Å². The quantitative estimate of drug-likeness (QED) is 0.187. The number of hydrogen-bond donors (Lipinski definition) is 0. The van der Waals surface area contributed by atoms with Gasteiger partial charge in [0.2, 0.25) is 0 Å². The number of aliphatic imine (C=N–C) groups is 1. The van der Waals surface area contributed by atoms with E-state index in [-0.39, 0.29) is 0 Å². The maximum Gasteiger partial charge on any atom is 0.133 e. The Morgan fingerprint density at radius 3 is 2.75 bits per heavy atom. The molecule has 1 aliphatic carbocycles. The van der Waals surface area contributed by atoms with Gasteiger partial charge in [-0.15, -0.1) is 0 Å². The minimum atomic E-state index is 0.513. The van der Waals surface area contributed by atoms with Gasteiger partial charge in [-0.3, -0.25) is 4.99 Å². The van der Waals surface area contributed by atoms with Crippen molar-refractivity contribution in [1.29, 1.82) is 0 Å². The molecule has 3 heteroatoms. The van der Waals surface area contributed by atoms with E-state index in [4.69, 9.17) is 14.1 Å². The van der Waals surface area contributed by atoms with E-state index >= 15 is 0 Å². The molecule has 222 valence electrons. The van der Waals surface area contributed by atoms with E-state index in [9.17, 15) is 0 Å². The van der Waals surface area contributed by atoms with Gasteiger partial charge in [-0.05, 0) is 102 Å². The first-order valence-corrected chi connectivity index (χ1v) is 15.4. The first-order chi connectivity index (χ1) is 21.5. The Balaban J connectivity index is 1.43. The van der Waals surface area contributed by atoms with E-state index in [1.54, 1.807) is 12.3 Å².